The number of aromatic nitrogens is 1. The molecule has 1 radical (unpaired) electrons. The minimum atomic E-state index is -0.354. The Kier molecular flexibility index (Phi) is 13.5. The van der Waals surface area contributed by atoms with Crippen LogP contribution in [-0.4, -0.2) is 22.8 Å². The third kappa shape index (κ3) is 6.06. The quantitative estimate of drug-likeness (QED) is 0.782. The molecule has 0 saturated heterocycles. The summed E-state index contributed by atoms with van der Waals surface area (Å²) in [5, 5.41) is 0. The molecule has 0 atom stereocenters. The SMILES string of the molecule is CC.CC(=O)N(C)C(C)(C)c1ccccn1.[CH3-].[Y]. The van der Waals surface area contributed by atoms with Crippen molar-refractivity contribution in [2.24, 2.45) is 0 Å². The first-order chi connectivity index (χ1) is 7.46. The number of pyridine rings is 1. The second-order valence-corrected chi connectivity index (χ2v) is 3.85. The third-order valence-electron chi connectivity index (χ3n) is 2.60. The van der Waals surface area contributed by atoms with E-state index in [1.165, 1.54) is 0 Å². The molecule has 4 heteroatoms. The molecule has 0 fully saturated rings. The van der Waals surface area contributed by atoms with Gasteiger partial charge in [0.1, 0.15) is 0 Å². The van der Waals surface area contributed by atoms with Crippen LogP contribution in [0.2, 0.25) is 0 Å². The van der Waals surface area contributed by atoms with Gasteiger partial charge in [-0.25, -0.2) is 0 Å². The van der Waals surface area contributed by atoms with Gasteiger partial charge in [0.25, 0.3) is 0 Å². The maximum absolute atomic E-state index is 11.3. The number of nitrogens with zero attached hydrogens (tertiary/aromatic N) is 2. The van der Waals surface area contributed by atoms with Crippen molar-refractivity contribution in [3.8, 4) is 0 Å². The zero-order valence-corrected chi connectivity index (χ0v) is 15.5. The molecule has 1 aromatic heterocycles. The number of hydrogen-bond acceptors (Lipinski definition) is 2. The average molecular weight is 326 g/mol. The second kappa shape index (κ2) is 10.6. The summed E-state index contributed by atoms with van der Waals surface area (Å²) in [6, 6.07) is 5.73. The first-order valence-corrected chi connectivity index (χ1v) is 5.62. The smallest absolute Gasteiger partial charge is 0.219 e. The molecule has 0 unspecified atom stereocenters. The van der Waals surface area contributed by atoms with Crippen molar-refractivity contribution < 1.29 is 37.5 Å². The van der Waals surface area contributed by atoms with E-state index in [1.807, 2.05) is 45.9 Å². The van der Waals surface area contributed by atoms with E-state index < -0.39 is 0 Å². The Labute approximate surface area is 137 Å². The van der Waals surface area contributed by atoms with Gasteiger partial charge in [0.15, 0.2) is 0 Å². The van der Waals surface area contributed by atoms with Gasteiger partial charge in [0.2, 0.25) is 5.91 Å². The molecule has 0 aromatic carbocycles. The van der Waals surface area contributed by atoms with E-state index in [0.717, 1.165) is 5.69 Å². The van der Waals surface area contributed by atoms with Gasteiger partial charge >= 0.3 is 0 Å². The summed E-state index contributed by atoms with van der Waals surface area (Å²) in [7, 11) is 1.79. The van der Waals surface area contributed by atoms with Gasteiger partial charge in [-0.05, 0) is 26.0 Å². The fourth-order valence-corrected chi connectivity index (χ4v) is 1.29. The molecule has 1 amide bonds. The van der Waals surface area contributed by atoms with E-state index >= 15 is 0 Å². The molecule has 101 valence electrons. The summed E-state index contributed by atoms with van der Waals surface area (Å²) in [4.78, 5) is 17.2. The fourth-order valence-electron chi connectivity index (χ4n) is 1.29. The molecule has 0 bridgehead atoms. The summed E-state index contributed by atoms with van der Waals surface area (Å²) in [6.07, 6.45) is 1.74. The average Bonchev–Trinajstić information content (AvgIpc) is 2.31. The third-order valence-corrected chi connectivity index (χ3v) is 2.60. The van der Waals surface area contributed by atoms with E-state index in [2.05, 4.69) is 4.98 Å². The fraction of sp³-hybridized carbons (Fsp3) is 0.500. The molecule has 1 heterocycles. The monoisotopic (exact) mass is 326 g/mol. The zero-order chi connectivity index (χ0) is 12.8. The number of carbonyl (C=O) groups is 1. The Balaban J connectivity index is -0.000000534. The summed E-state index contributed by atoms with van der Waals surface area (Å²) >= 11 is 0. The van der Waals surface area contributed by atoms with Crippen LogP contribution in [0.3, 0.4) is 0 Å². The van der Waals surface area contributed by atoms with E-state index in [-0.39, 0.29) is 51.6 Å². The first kappa shape index (κ1) is 22.9. The van der Waals surface area contributed by atoms with E-state index in [9.17, 15) is 4.79 Å². The molecule has 0 N–H and O–H groups in total. The van der Waals surface area contributed by atoms with Crippen LogP contribution in [0.25, 0.3) is 0 Å². The number of hydrogen-bond donors (Lipinski definition) is 0. The van der Waals surface area contributed by atoms with Crippen LogP contribution >= 0.6 is 0 Å². The van der Waals surface area contributed by atoms with Gasteiger partial charge in [0.05, 0.1) is 11.2 Å². The zero-order valence-electron chi connectivity index (χ0n) is 12.7. The van der Waals surface area contributed by atoms with Crippen molar-refractivity contribution in [2.75, 3.05) is 7.05 Å². The Morgan fingerprint density at radius 2 is 1.78 bits per heavy atom. The van der Waals surface area contributed by atoms with E-state index in [0.29, 0.717) is 0 Å². The van der Waals surface area contributed by atoms with Gasteiger partial charge in [-0.2, -0.15) is 0 Å². The Morgan fingerprint density at radius 3 is 2.11 bits per heavy atom. The van der Waals surface area contributed by atoms with Gasteiger partial charge < -0.3 is 12.3 Å². The summed E-state index contributed by atoms with van der Waals surface area (Å²) in [5.74, 6) is 0.0423. The van der Waals surface area contributed by atoms with Crippen molar-refractivity contribution in [1.82, 2.24) is 9.88 Å². The molecule has 1 rings (SSSR count). The first-order valence-electron chi connectivity index (χ1n) is 5.62. The largest absolute Gasteiger partial charge is 0.358 e. The topological polar surface area (TPSA) is 33.2 Å². The van der Waals surface area contributed by atoms with Gasteiger partial charge in [-0.15, -0.1) is 0 Å². The van der Waals surface area contributed by atoms with Crippen LogP contribution in [0.4, 0.5) is 0 Å². The number of rotatable bonds is 2. The molecule has 0 aliphatic carbocycles. The predicted octanol–water partition coefficient (Wildman–Crippen LogP) is 3.27. The van der Waals surface area contributed by atoms with E-state index in [1.54, 1.807) is 25.1 Å². The van der Waals surface area contributed by atoms with Crippen molar-refractivity contribution in [3.63, 3.8) is 0 Å². The maximum atomic E-state index is 11.3. The molecule has 0 aliphatic rings. The van der Waals surface area contributed by atoms with Gasteiger partial charge in [-0.3, -0.25) is 9.78 Å². The minimum absolute atomic E-state index is 0. The molecule has 3 nitrogen and oxygen atoms in total. The molecule has 0 spiro atoms. The van der Waals surface area contributed by atoms with Crippen LogP contribution in [0.5, 0.6) is 0 Å². The maximum Gasteiger partial charge on any atom is 0.219 e. The molecule has 0 saturated carbocycles. The normalized spacial score (nSPS) is 9.00. The standard InChI is InChI=1S/C11H16N2O.C2H6.CH3.Y/c1-9(14)13(4)11(2,3)10-7-5-6-8-12-10;1-2;;/h5-8H,1-4H3;1-2H3;1H3;/q;;-1;. The Hall–Kier alpha value is -0.276. The van der Waals surface area contributed by atoms with Crippen LogP contribution in [0.1, 0.15) is 40.3 Å². The minimum Gasteiger partial charge on any atom is -0.358 e. The van der Waals surface area contributed by atoms with Crippen LogP contribution in [-0.2, 0) is 43.0 Å². The summed E-state index contributed by atoms with van der Waals surface area (Å²) < 4.78 is 0. The van der Waals surface area contributed by atoms with Crippen molar-refractivity contribution in [1.29, 1.82) is 0 Å². The molecule has 1 aromatic rings. The number of amides is 1. The molecular formula is C14H25N2OY-. The van der Waals surface area contributed by atoms with E-state index in [4.69, 9.17) is 0 Å². The van der Waals surface area contributed by atoms with Crippen LogP contribution in [0.15, 0.2) is 24.4 Å². The van der Waals surface area contributed by atoms with Gasteiger partial charge in [0, 0.05) is 52.9 Å². The molecule has 0 aliphatic heterocycles. The summed E-state index contributed by atoms with van der Waals surface area (Å²) in [6.45, 7) is 9.53. The van der Waals surface area contributed by atoms with Crippen LogP contribution < -0.4 is 0 Å². The van der Waals surface area contributed by atoms with Crippen molar-refractivity contribution >= 4 is 5.91 Å². The van der Waals surface area contributed by atoms with Gasteiger partial charge in [-0.1, -0.05) is 19.9 Å². The van der Waals surface area contributed by atoms with Crippen LogP contribution in [0, 0.1) is 7.43 Å². The Morgan fingerprint density at radius 1 is 1.28 bits per heavy atom. The molecule has 18 heavy (non-hydrogen) atoms. The summed E-state index contributed by atoms with van der Waals surface area (Å²) in [5.41, 5.74) is 0.547. The van der Waals surface area contributed by atoms with Crippen molar-refractivity contribution in [2.45, 2.75) is 40.2 Å². The Bertz CT molecular complexity index is 326. The molecular weight excluding hydrogens is 301 g/mol. The number of carbonyl (C=O) groups excluding carboxylic acids is 1. The van der Waals surface area contributed by atoms with Crippen molar-refractivity contribution in [3.05, 3.63) is 37.5 Å². The predicted molar refractivity (Wildman–Crippen MR) is 73.5 cm³/mol. The second-order valence-electron chi connectivity index (χ2n) is 3.85.